The maximum absolute atomic E-state index is 12.4. The van der Waals surface area contributed by atoms with Gasteiger partial charge in [0.15, 0.2) is 0 Å². The Balaban J connectivity index is 2.06. The molecule has 0 atom stereocenters. The molecule has 0 saturated heterocycles. The lowest BCUT2D eigenvalue weighted by Gasteiger charge is -2.10. The van der Waals surface area contributed by atoms with Gasteiger partial charge in [-0.1, -0.05) is 53.8 Å². The van der Waals surface area contributed by atoms with E-state index in [9.17, 15) is 19.5 Å². The second-order valence-corrected chi connectivity index (χ2v) is 6.63. The second kappa shape index (κ2) is 7.37. The van der Waals surface area contributed by atoms with E-state index < -0.39 is 34.5 Å². The monoisotopic (exact) mass is 369 g/mol. The summed E-state index contributed by atoms with van der Waals surface area (Å²) in [5.74, 6) is -2.57. The zero-order valence-corrected chi connectivity index (χ0v) is 14.4. The van der Waals surface area contributed by atoms with Crippen molar-refractivity contribution in [2.24, 2.45) is 0 Å². The van der Waals surface area contributed by atoms with Gasteiger partial charge in [-0.25, -0.2) is 0 Å². The molecule has 0 bridgehead atoms. The average molecular weight is 369 g/mol. The fourth-order valence-corrected chi connectivity index (χ4v) is 3.69. The summed E-state index contributed by atoms with van der Waals surface area (Å²) in [6.07, 6.45) is 0.581. The van der Waals surface area contributed by atoms with E-state index in [2.05, 4.69) is 5.32 Å². The number of carboxylic acids is 1. The number of amides is 1. The van der Waals surface area contributed by atoms with E-state index in [1.807, 2.05) is 36.4 Å². The van der Waals surface area contributed by atoms with Crippen LogP contribution in [0.1, 0.15) is 21.5 Å². The minimum Gasteiger partial charge on any atom is -0.506 e. The Morgan fingerprint density at radius 1 is 1.04 bits per heavy atom. The molecule has 2 aromatic carbocycles. The topological polar surface area (TPSA) is 104 Å². The first-order valence-electron chi connectivity index (χ1n) is 7.79. The highest BCUT2D eigenvalue weighted by atomic mass is 32.1. The van der Waals surface area contributed by atoms with Crippen LogP contribution in [0.5, 0.6) is 5.75 Å². The van der Waals surface area contributed by atoms with Crippen molar-refractivity contribution in [3.63, 3.8) is 0 Å². The van der Waals surface area contributed by atoms with Gasteiger partial charge in [-0.05, 0) is 23.6 Å². The summed E-state index contributed by atoms with van der Waals surface area (Å²) >= 11 is 0.867. The van der Waals surface area contributed by atoms with Crippen LogP contribution in [-0.4, -0.2) is 28.6 Å². The predicted octanol–water partition coefficient (Wildman–Crippen LogP) is 2.37. The van der Waals surface area contributed by atoms with E-state index in [0.717, 1.165) is 22.5 Å². The molecule has 7 heteroatoms. The minimum atomic E-state index is -1.24. The zero-order valence-electron chi connectivity index (χ0n) is 13.6. The molecular formula is C19H15NO5S. The van der Waals surface area contributed by atoms with Crippen LogP contribution >= 0.6 is 11.3 Å². The number of carbonyl (C=O) groups is 2. The molecule has 6 nitrogen and oxygen atoms in total. The second-order valence-electron chi connectivity index (χ2n) is 5.65. The summed E-state index contributed by atoms with van der Waals surface area (Å²) in [6, 6.07) is 14.9. The highest BCUT2D eigenvalue weighted by Gasteiger charge is 2.21. The number of nitrogens with one attached hydrogen (secondary N) is 1. The average Bonchev–Trinajstić information content (AvgIpc) is 2.61. The normalized spacial score (nSPS) is 10.6. The summed E-state index contributed by atoms with van der Waals surface area (Å²) in [5.41, 5.74) is 1.49. The van der Waals surface area contributed by atoms with Crippen LogP contribution in [-0.2, 0) is 11.2 Å². The summed E-state index contributed by atoms with van der Waals surface area (Å²) in [6.45, 7) is -0.630. The van der Waals surface area contributed by atoms with Crippen molar-refractivity contribution < 1.29 is 19.8 Å². The van der Waals surface area contributed by atoms with Gasteiger partial charge in [-0.3, -0.25) is 14.4 Å². The van der Waals surface area contributed by atoms with Crippen LogP contribution < -0.4 is 10.1 Å². The molecule has 0 aliphatic carbocycles. The molecule has 0 unspecified atom stereocenters. The van der Waals surface area contributed by atoms with Gasteiger partial charge in [0.05, 0.1) is 0 Å². The number of hydrogen-bond acceptors (Lipinski definition) is 5. The molecule has 3 rings (SSSR count). The molecular weight excluding hydrogens is 354 g/mol. The first-order chi connectivity index (χ1) is 12.5. The summed E-state index contributed by atoms with van der Waals surface area (Å²) < 4.78 is -0.00737. The molecule has 3 aromatic rings. The molecule has 26 heavy (non-hydrogen) atoms. The molecule has 0 aliphatic heterocycles. The van der Waals surface area contributed by atoms with Gasteiger partial charge in [-0.15, -0.1) is 0 Å². The summed E-state index contributed by atoms with van der Waals surface area (Å²) in [7, 11) is 0. The van der Waals surface area contributed by atoms with Gasteiger partial charge in [0, 0.05) is 10.1 Å². The van der Waals surface area contributed by atoms with E-state index in [-0.39, 0.29) is 0 Å². The highest BCUT2D eigenvalue weighted by molar-refractivity contribution is 7.16. The van der Waals surface area contributed by atoms with Gasteiger partial charge in [0.1, 0.15) is 17.9 Å². The highest BCUT2D eigenvalue weighted by Crippen LogP contribution is 2.32. The van der Waals surface area contributed by atoms with E-state index in [4.69, 9.17) is 5.11 Å². The van der Waals surface area contributed by atoms with Crippen molar-refractivity contribution >= 4 is 33.3 Å². The fraction of sp³-hybridized carbons (Fsp3) is 0.105. The number of carbonyl (C=O) groups excluding carboxylic acids is 1. The van der Waals surface area contributed by atoms with Crippen LogP contribution in [0.25, 0.3) is 10.1 Å². The lowest BCUT2D eigenvalue weighted by molar-refractivity contribution is -0.135. The smallest absolute Gasteiger partial charge is 0.322 e. The maximum Gasteiger partial charge on any atom is 0.322 e. The van der Waals surface area contributed by atoms with Gasteiger partial charge in [0.25, 0.3) is 5.91 Å². The number of aromatic hydroxyl groups is 1. The third kappa shape index (κ3) is 3.57. The van der Waals surface area contributed by atoms with Gasteiger partial charge >= 0.3 is 5.97 Å². The van der Waals surface area contributed by atoms with Crippen LogP contribution in [0, 0.1) is 0 Å². The Hall–Kier alpha value is -3.19. The molecule has 1 amide bonds. The molecule has 3 N–H and O–H groups in total. The number of carboxylic acid groups (broad SMARTS) is 1. The molecule has 0 saturated carbocycles. The molecule has 1 heterocycles. The van der Waals surface area contributed by atoms with Crippen molar-refractivity contribution in [1.29, 1.82) is 0 Å². The van der Waals surface area contributed by atoms with Crippen LogP contribution in [0.2, 0.25) is 0 Å². The van der Waals surface area contributed by atoms with E-state index in [1.54, 1.807) is 12.1 Å². The van der Waals surface area contributed by atoms with Crippen molar-refractivity contribution in [2.75, 3.05) is 6.54 Å². The number of aliphatic carboxylic acids is 1. The molecule has 1 aromatic heterocycles. The van der Waals surface area contributed by atoms with Crippen molar-refractivity contribution in [3.8, 4) is 5.75 Å². The SMILES string of the molecule is O=C(O)CNC(=O)c1c(O)c2cccc(Cc3ccccc3)c2sc1=O. The van der Waals surface area contributed by atoms with E-state index in [0.29, 0.717) is 16.5 Å². The van der Waals surface area contributed by atoms with Gasteiger partial charge in [-0.2, -0.15) is 0 Å². The molecule has 0 radical (unpaired) electrons. The Morgan fingerprint density at radius 3 is 2.46 bits per heavy atom. The predicted molar refractivity (Wildman–Crippen MR) is 99.0 cm³/mol. The van der Waals surface area contributed by atoms with Crippen LogP contribution in [0.4, 0.5) is 0 Å². The minimum absolute atomic E-state index is 0.392. The molecule has 0 spiro atoms. The van der Waals surface area contributed by atoms with Crippen molar-refractivity contribution in [3.05, 3.63) is 74.8 Å². The maximum atomic E-state index is 12.4. The summed E-state index contributed by atoms with van der Waals surface area (Å²) in [4.78, 5) is 35.1. The van der Waals surface area contributed by atoms with Crippen molar-refractivity contribution in [1.82, 2.24) is 5.32 Å². The Kier molecular flexibility index (Phi) is 4.99. The first kappa shape index (κ1) is 17.6. The number of hydrogen-bond donors (Lipinski definition) is 3. The fourth-order valence-electron chi connectivity index (χ4n) is 2.67. The Bertz CT molecular complexity index is 1040. The van der Waals surface area contributed by atoms with Crippen LogP contribution in [0.3, 0.4) is 0 Å². The van der Waals surface area contributed by atoms with E-state index in [1.165, 1.54) is 0 Å². The van der Waals surface area contributed by atoms with Crippen LogP contribution in [0.15, 0.2) is 53.3 Å². The van der Waals surface area contributed by atoms with Gasteiger partial charge in [0.2, 0.25) is 4.74 Å². The number of benzene rings is 2. The first-order valence-corrected chi connectivity index (χ1v) is 8.60. The van der Waals surface area contributed by atoms with E-state index >= 15 is 0 Å². The number of rotatable bonds is 5. The quantitative estimate of drug-likeness (QED) is 0.641. The standard InChI is InChI=1S/C19H15NO5S/c21-14(22)10-20-18(24)15-16(23)13-8-4-7-12(17(13)26-19(15)25)9-11-5-2-1-3-6-11/h1-8,23H,9-10H2,(H,20,24)(H,21,22). The van der Waals surface area contributed by atoms with Crippen molar-refractivity contribution in [2.45, 2.75) is 6.42 Å². The largest absolute Gasteiger partial charge is 0.506 e. The molecule has 0 aliphatic rings. The summed E-state index contributed by atoms with van der Waals surface area (Å²) in [5, 5.41) is 21.6. The van der Waals surface area contributed by atoms with Gasteiger partial charge < -0.3 is 15.5 Å². The molecule has 0 fully saturated rings. The third-order valence-corrected chi connectivity index (χ3v) is 4.93. The Morgan fingerprint density at radius 2 is 1.77 bits per heavy atom. The third-order valence-electron chi connectivity index (χ3n) is 3.85. The lowest BCUT2D eigenvalue weighted by atomic mass is 10.0. The lowest BCUT2D eigenvalue weighted by Crippen LogP contribution is -2.32. The molecule has 132 valence electrons. The number of fused-ring (bicyclic) bond motifs is 1. The zero-order chi connectivity index (χ0) is 18.7. The Labute approximate surface area is 152 Å².